The van der Waals surface area contributed by atoms with E-state index in [9.17, 15) is 19.6 Å². The van der Waals surface area contributed by atoms with E-state index in [-0.39, 0.29) is 35.5 Å². The molecular weight excluding hydrogens is 478 g/mol. The van der Waals surface area contributed by atoms with Crippen LogP contribution < -0.4 is 10.6 Å². The molecule has 2 saturated heterocycles. The molecule has 3 heterocycles. The number of para-hydroxylation sites is 1. The minimum absolute atomic E-state index is 0.0629. The number of H-pyrrole nitrogens is 1. The number of halogens is 1. The number of amides is 3. The van der Waals surface area contributed by atoms with Gasteiger partial charge in [0.15, 0.2) is 0 Å². The van der Waals surface area contributed by atoms with Crippen molar-refractivity contribution in [1.82, 2.24) is 20.5 Å². The fourth-order valence-corrected chi connectivity index (χ4v) is 6.54. The zero-order chi connectivity index (χ0) is 25.3. The Bertz CT molecular complexity index is 1210. The number of nitriles is 1. The molecule has 9 heteroatoms. The second kappa shape index (κ2) is 10.1. The van der Waals surface area contributed by atoms with Crippen LogP contribution in [0, 0.1) is 22.7 Å². The summed E-state index contributed by atoms with van der Waals surface area (Å²) in [7, 11) is 0. The maximum atomic E-state index is 13.7. The third-order valence-corrected chi connectivity index (χ3v) is 8.53. The van der Waals surface area contributed by atoms with Gasteiger partial charge in [0.1, 0.15) is 17.8 Å². The molecule has 3 fully saturated rings. The van der Waals surface area contributed by atoms with Crippen molar-refractivity contribution in [3.8, 4) is 6.07 Å². The van der Waals surface area contributed by atoms with Gasteiger partial charge >= 0.3 is 0 Å². The van der Waals surface area contributed by atoms with E-state index in [1.807, 2.05) is 12.1 Å². The van der Waals surface area contributed by atoms with Crippen LogP contribution >= 0.6 is 11.6 Å². The maximum Gasteiger partial charge on any atom is 0.271 e. The predicted octanol–water partition coefficient (Wildman–Crippen LogP) is 3.91. The quantitative estimate of drug-likeness (QED) is 0.566. The van der Waals surface area contributed by atoms with Crippen molar-refractivity contribution in [2.24, 2.45) is 11.3 Å². The van der Waals surface area contributed by atoms with Gasteiger partial charge in [-0.15, -0.1) is 0 Å². The summed E-state index contributed by atoms with van der Waals surface area (Å²) in [6.45, 7) is 1.17. The summed E-state index contributed by atoms with van der Waals surface area (Å²) in [4.78, 5) is 44.3. The van der Waals surface area contributed by atoms with Gasteiger partial charge in [-0.2, -0.15) is 5.26 Å². The predicted molar refractivity (Wildman–Crippen MR) is 136 cm³/mol. The molecule has 5 rings (SSSR count). The van der Waals surface area contributed by atoms with E-state index in [2.05, 4.69) is 21.7 Å². The number of piperidine rings is 1. The molecule has 3 N–H and O–H groups in total. The number of benzene rings is 1. The van der Waals surface area contributed by atoms with Crippen LogP contribution in [0.15, 0.2) is 24.3 Å². The van der Waals surface area contributed by atoms with Crippen LogP contribution in [0.2, 0.25) is 5.02 Å². The molecule has 0 radical (unpaired) electrons. The van der Waals surface area contributed by atoms with E-state index >= 15 is 0 Å². The van der Waals surface area contributed by atoms with Gasteiger partial charge in [0.05, 0.1) is 16.6 Å². The number of aromatic nitrogens is 1. The smallest absolute Gasteiger partial charge is 0.271 e. The lowest BCUT2D eigenvalue weighted by molar-refractivity contribution is -0.128. The molecule has 3 aliphatic rings. The molecule has 1 aliphatic carbocycles. The van der Waals surface area contributed by atoms with Gasteiger partial charge in [0, 0.05) is 24.4 Å². The first kappa shape index (κ1) is 24.6. The van der Waals surface area contributed by atoms with Crippen LogP contribution in [0.25, 0.3) is 10.9 Å². The number of rotatable bonds is 5. The summed E-state index contributed by atoms with van der Waals surface area (Å²) in [5.74, 6) is -0.898. The molecule has 0 unspecified atom stereocenters. The average Bonchev–Trinajstić information content (AvgIpc) is 3.48. The van der Waals surface area contributed by atoms with Gasteiger partial charge in [-0.1, -0.05) is 43.0 Å². The molecule has 1 aromatic heterocycles. The first-order valence-corrected chi connectivity index (χ1v) is 13.3. The van der Waals surface area contributed by atoms with Crippen molar-refractivity contribution in [1.29, 1.82) is 5.26 Å². The third kappa shape index (κ3) is 4.81. The second-order valence-electron chi connectivity index (χ2n) is 10.7. The van der Waals surface area contributed by atoms with E-state index < -0.39 is 12.1 Å². The highest BCUT2D eigenvalue weighted by Crippen LogP contribution is 2.46. The molecule has 8 nitrogen and oxygen atoms in total. The summed E-state index contributed by atoms with van der Waals surface area (Å²) < 4.78 is 0. The Morgan fingerprint density at radius 3 is 2.78 bits per heavy atom. The zero-order valence-electron chi connectivity index (χ0n) is 20.3. The van der Waals surface area contributed by atoms with Gasteiger partial charge < -0.3 is 20.5 Å². The number of likely N-dealkylation sites (tertiary alicyclic amines) is 1. The van der Waals surface area contributed by atoms with Gasteiger partial charge in [0.2, 0.25) is 11.8 Å². The zero-order valence-corrected chi connectivity index (χ0v) is 21.1. The van der Waals surface area contributed by atoms with Crippen LogP contribution in [0.3, 0.4) is 0 Å². The fourth-order valence-electron chi connectivity index (χ4n) is 6.31. The molecule has 1 saturated carbocycles. The second-order valence-corrected chi connectivity index (χ2v) is 11.1. The summed E-state index contributed by atoms with van der Waals surface area (Å²) >= 11 is 6.31. The summed E-state index contributed by atoms with van der Waals surface area (Å²) in [5.41, 5.74) is 1.02. The lowest BCUT2D eigenvalue weighted by Crippen LogP contribution is -2.49. The number of carbonyl (C=O) groups is 3. The molecule has 1 spiro atoms. The van der Waals surface area contributed by atoms with Crippen molar-refractivity contribution in [2.45, 2.75) is 69.9 Å². The number of hydrogen-bond donors (Lipinski definition) is 3. The normalized spacial score (nSPS) is 24.3. The van der Waals surface area contributed by atoms with E-state index in [4.69, 9.17) is 11.6 Å². The number of nitrogens with zero attached hydrogens (tertiary/aromatic N) is 2. The van der Waals surface area contributed by atoms with Crippen molar-refractivity contribution in [2.75, 3.05) is 13.1 Å². The Labute approximate surface area is 215 Å². The highest BCUT2D eigenvalue weighted by Gasteiger charge is 2.49. The largest absolute Gasteiger partial charge is 0.356 e. The van der Waals surface area contributed by atoms with Gasteiger partial charge in [-0.25, -0.2) is 0 Å². The van der Waals surface area contributed by atoms with Gasteiger partial charge in [0.25, 0.3) is 5.91 Å². The van der Waals surface area contributed by atoms with Crippen LogP contribution in [0.1, 0.15) is 68.3 Å². The van der Waals surface area contributed by atoms with E-state index in [0.29, 0.717) is 42.2 Å². The Morgan fingerprint density at radius 1 is 1.25 bits per heavy atom. The van der Waals surface area contributed by atoms with Crippen LogP contribution in [-0.4, -0.2) is 52.8 Å². The molecule has 36 heavy (non-hydrogen) atoms. The number of nitrogens with one attached hydrogen (secondary N) is 3. The standard InChI is InChI=1S/C27H32ClN5O3/c28-20-8-4-6-17-13-21(32-23(17)20)26(36)33-16-27(9-2-1-3-10-27)14-22(33)25(35)31-19(15-29)12-18-7-5-11-30-24(18)34/h4,6,8,13,18-19,22,32H,1-3,5,7,9-12,14,16H2,(H,30,34)(H,31,35)/t18-,19-,22-/m0/s1. The Balaban J connectivity index is 1.37. The van der Waals surface area contributed by atoms with E-state index in [0.717, 1.165) is 37.5 Å². The average molecular weight is 510 g/mol. The summed E-state index contributed by atoms with van der Waals surface area (Å²) in [6.07, 6.45) is 7.78. The molecule has 2 aliphatic heterocycles. The highest BCUT2D eigenvalue weighted by molar-refractivity contribution is 6.35. The summed E-state index contributed by atoms with van der Waals surface area (Å²) in [6, 6.07) is 8.00. The van der Waals surface area contributed by atoms with Crippen molar-refractivity contribution in [3.63, 3.8) is 0 Å². The molecule has 2 aromatic rings. The van der Waals surface area contributed by atoms with Crippen LogP contribution in [0.4, 0.5) is 0 Å². The van der Waals surface area contributed by atoms with Crippen LogP contribution in [0.5, 0.6) is 0 Å². The minimum atomic E-state index is -0.780. The first-order valence-electron chi connectivity index (χ1n) is 12.9. The number of hydrogen-bond acceptors (Lipinski definition) is 4. The van der Waals surface area contributed by atoms with Crippen LogP contribution in [-0.2, 0) is 9.59 Å². The molecule has 0 bridgehead atoms. The SMILES string of the molecule is N#C[C@H](C[C@@H]1CCCNC1=O)NC(=O)[C@@H]1CC2(CCCCC2)CN1C(=O)c1cc2cccc(Cl)c2[nH]1. The van der Waals surface area contributed by atoms with E-state index in [1.54, 1.807) is 17.0 Å². The summed E-state index contributed by atoms with van der Waals surface area (Å²) in [5, 5.41) is 16.8. The topological polar surface area (TPSA) is 118 Å². The fraction of sp³-hybridized carbons (Fsp3) is 0.556. The minimum Gasteiger partial charge on any atom is -0.356 e. The van der Waals surface area contributed by atoms with Crippen molar-refractivity contribution < 1.29 is 14.4 Å². The third-order valence-electron chi connectivity index (χ3n) is 8.21. The molecule has 190 valence electrons. The maximum absolute atomic E-state index is 13.7. The van der Waals surface area contributed by atoms with Gasteiger partial charge in [-0.05, 0) is 56.1 Å². The number of fused-ring (bicyclic) bond motifs is 1. The Morgan fingerprint density at radius 2 is 2.06 bits per heavy atom. The Kier molecular flexibility index (Phi) is 6.94. The lowest BCUT2D eigenvalue weighted by Gasteiger charge is -2.32. The Hall–Kier alpha value is -3.05. The number of carbonyl (C=O) groups excluding carboxylic acids is 3. The lowest BCUT2D eigenvalue weighted by atomic mass is 9.72. The van der Waals surface area contributed by atoms with Gasteiger partial charge in [-0.3, -0.25) is 14.4 Å². The van der Waals surface area contributed by atoms with Crippen molar-refractivity contribution >= 4 is 40.2 Å². The molecule has 3 amide bonds. The molecule has 3 atom stereocenters. The molecule has 1 aromatic carbocycles. The van der Waals surface area contributed by atoms with Crippen molar-refractivity contribution in [3.05, 3.63) is 35.0 Å². The number of aromatic amines is 1. The highest BCUT2D eigenvalue weighted by atomic mass is 35.5. The monoisotopic (exact) mass is 509 g/mol. The van der Waals surface area contributed by atoms with E-state index in [1.165, 1.54) is 6.42 Å². The first-order chi connectivity index (χ1) is 17.4. The molecular formula is C27H32ClN5O3.